The van der Waals surface area contributed by atoms with Gasteiger partial charge < -0.3 is 15.8 Å². The van der Waals surface area contributed by atoms with E-state index in [0.717, 1.165) is 10.6 Å². The molecule has 0 aliphatic heterocycles. The number of methoxy groups -OCH3 is 1. The SMILES string of the molecule is COCC(N)C(=O)NCc1scnc1C.Cl.Cl. The molecule has 1 amide bonds. The highest BCUT2D eigenvalue weighted by atomic mass is 35.5. The van der Waals surface area contributed by atoms with Crippen LogP contribution in [0.15, 0.2) is 5.51 Å². The van der Waals surface area contributed by atoms with E-state index in [-0.39, 0.29) is 37.3 Å². The van der Waals surface area contributed by atoms with Gasteiger partial charge in [0.15, 0.2) is 0 Å². The minimum absolute atomic E-state index is 0. The number of halogens is 2. The summed E-state index contributed by atoms with van der Waals surface area (Å²) in [5, 5.41) is 2.74. The number of carbonyl (C=O) groups is 1. The summed E-state index contributed by atoms with van der Waals surface area (Å²) in [5.41, 5.74) is 8.26. The monoisotopic (exact) mass is 301 g/mol. The van der Waals surface area contributed by atoms with Gasteiger partial charge in [0, 0.05) is 12.0 Å². The Kier molecular flexibility index (Phi) is 10.7. The molecule has 1 atom stereocenters. The highest BCUT2D eigenvalue weighted by Crippen LogP contribution is 2.10. The van der Waals surface area contributed by atoms with Crippen molar-refractivity contribution in [3.05, 3.63) is 16.1 Å². The van der Waals surface area contributed by atoms with Crippen molar-refractivity contribution in [2.45, 2.75) is 19.5 Å². The molecule has 1 aromatic rings. The summed E-state index contributed by atoms with van der Waals surface area (Å²) in [6, 6.07) is -0.608. The highest BCUT2D eigenvalue weighted by molar-refractivity contribution is 7.09. The smallest absolute Gasteiger partial charge is 0.239 e. The Morgan fingerprint density at radius 2 is 2.29 bits per heavy atom. The van der Waals surface area contributed by atoms with Crippen molar-refractivity contribution >= 4 is 42.1 Å². The Balaban J connectivity index is 0. The first kappa shape index (κ1) is 19.0. The maximum Gasteiger partial charge on any atom is 0.239 e. The first-order valence-electron chi connectivity index (χ1n) is 4.56. The quantitative estimate of drug-likeness (QED) is 0.846. The van der Waals surface area contributed by atoms with E-state index in [1.54, 1.807) is 5.51 Å². The van der Waals surface area contributed by atoms with Gasteiger partial charge in [0.05, 0.1) is 24.4 Å². The van der Waals surface area contributed by atoms with E-state index < -0.39 is 6.04 Å². The van der Waals surface area contributed by atoms with Crippen LogP contribution in [-0.4, -0.2) is 30.6 Å². The second-order valence-corrected chi connectivity index (χ2v) is 4.08. The first-order valence-corrected chi connectivity index (χ1v) is 5.44. The number of nitrogens with one attached hydrogen (secondary N) is 1. The van der Waals surface area contributed by atoms with Gasteiger partial charge >= 0.3 is 0 Å². The fourth-order valence-corrected chi connectivity index (χ4v) is 1.77. The molecule has 8 heteroatoms. The Morgan fingerprint density at radius 3 is 2.76 bits per heavy atom. The van der Waals surface area contributed by atoms with Crippen molar-refractivity contribution in [3.63, 3.8) is 0 Å². The molecule has 0 spiro atoms. The van der Waals surface area contributed by atoms with E-state index in [0.29, 0.717) is 6.54 Å². The van der Waals surface area contributed by atoms with Crippen LogP contribution in [0.2, 0.25) is 0 Å². The fraction of sp³-hybridized carbons (Fsp3) is 0.556. The van der Waals surface area contributed by atoms with Gasteiger partial charge in [0.25, 0.3) is 0 Å². The molecule has 0 aromatic carbocycles. The van der Waals surface area contributed by atoms with E-state index in [4.69, 9.17) is 10.5 Å². The molecule has 5 nitrogen and oxygen atoms in total. The number of aromatic nitrogens is 1. The van der Waals surface area contributed by atoms with Crippen molar-refractivity contribution in [1.29, 1.82) is 0 Å². The zero-order chi connectivity index (χ0) is 11.3. The summed E-state index contributed by atoms with van der Waals surface area (Å²) in [7, 11) is 1.51. The third-order valence-electron chi connectivity index (χ3n) is 1.95. The van der Waals surface area contributed by atoms with Crippen LogP contribution < -0.4 is 11.1 Å². The normalized spacial score (nSPS) is 11.0. The molecular weight excluding hydrogens is 285 g/mol. The molecule has 1 heterocycles. The lowest BCUT2D eigenvalue weighted by Gasteiger charge is -2.10. The average Bonchev–Trinajstić information content (AvgIpc) is 2.61. The van der Waals surface area contributed by atoms with Crippen LogP contribution in [0.25, 0.3) is 0 Å². The van der Waals surface area contributed by atoms with E-state index >= 15 is 0 Å². The molecule has 0 saturated heterocycles. The zero-order valence-corrected chi connectivity index (χ0v) is 12.1. The Bertz CT molecular complexity index is 336. The van der Waals surface area contributed by atoms with Gasteiger partial charge in [-0.25, -0.2) is 4.98 Å². The van der Waals surface area contributed by atoms with Crippen molar-refractivity contribution in [1.82, 2.24) is 10.3 Å². The first-order chi connectivity index (χ1) is 7.15. The number of ether oxygens (including phenoxy) is 1. The van der Waals surface area contributed by atoms with Crippen molar-refractivity contribution in [2.75, 3.05) is 13.7 Å². The minimum atomic E-state index is -0.608. The van der Waals surface area contributed by atoms with E-state index in [1.165, 1.54) is 18.4 Å². The fourth-order valence-electron chi connectivity index (χ4n) is 1.05. The topological polar surface area (TPSA) is 77.2 Å². The molecule has 0 aliphatic rings. The van der Waals surface area contributed by atoms with E-state index in [1.807, 2.05) is 6.92 Å². The predicted octanol–water partition coefficient (Wildman–Crippen LogP) is 0.885. The third-order valence-corrected chi connectivity index (χ3v) is 2.89. The molecule has 1 aromatic heterocycles. The largest absolute Gasteiger partial charge is 0.383 e. The zero-order valence-electron chi connectivity index (χ0n) is 9.63. The van der Waals surface area contributed by atoms with Gasteiger partial charge in [-0.1, -0.05) is 0 Å². The lowest BCUT2D eigenvalue weighted by atomic mass is 10.3. The van der Waals surface area contributed by atoms with Crippen molar-refractivity contribution in [2.24, 2.45) is 5.73 Å². The van der Waals surface area contributed by atoms with Gasteiger partial charge in [-0.2, -0.15) is 0 Å². The summed E-state index contributed by atoms with van der Waals surface area (Å²) in [6.07, 6.45) is 0. The number of nitrogens with two attached hydrogens (primary N) is 1. The molecule has 1 unspecified atom stereocenters. The molecule has 17 heavy (non-hydrogen) atoms. The molecule has 1 rings (SSSR count). The molecule has 0 bridgehead atoms. The average molecular weight is 302 g/mol. The maximum absolute atomic E-state index is 11.4. The number of hydrogen-bond donors (Lipinski definition) is 2. The maximum atomic E-state index is 11.4. The lowest BCUT2D eigenvalue weighted by molar-refractivity contribution is -0.123. The van der Waals surface area contributed by atoms with E-state index in [9.17, 15) is 4.79 Å². The standard InChI is InChI=1S/C9H15N3O2S.2ClH/c1-6-8(15-5-12-6)3-11-9(13)7(10)4-14-2;;/h5,7H,3-4,10H2,1-2H3,(H,11,13);2*1H. The number of rotatable bonds is 5. The Labute approximate surface area is 117 Å². The van der Waals surface area contributed by atoms with Crippen LogP contribution in [0.3, 0.4) is 0 Å². The Hall–Kier alpha value is -0.400. The second kappa shape index (κ2) is 9.61. The van der Waals surface area contributed by atoms with Crippen LogP contribution in [0.4, 0.5) is 0 Å². The lowest BCUT2D eigenvalue weighted by Crippen LogP contribution is -2.43. The minimum Gasteiger partial charge on any atom is -0.383 e. The van der Waals surface area contributed by atoms with Crippen molar-refractivity contribution < 1.29 is 9.53 Å². The van der Waals surface area contributed by atoms with Gasteiger partial charge in [-0.05, 0) is 6.92 Å². The van der Waals surface area contributed by atoms with Gasteiger partial charge in [-0.3, -0.25) is 4.79 Å². The van der Waals surface area contributed by atoms with Crippen molar-refractivity contribution in [3.8, 4) is 0 Å². The summed E-state index contributed by atoms with van der Waals surface area (Å²) in [4.78, 5) is 16.5. The van der Waals surface area contributed by atoms with E-state index in [2.05, 4.69) is 10.3 Å². The number of amides is 1. The summed E-state index contributed by atoms with van der Waals surface area (Å²) in [5.74, 6) is -0.204. The predicted molar refractivity (Wildman–Crippen MR) is 73.0 cm³/mol. The number of nitrogens with zero attached hydrogens (tertiary/aromatic N) is 1. The number of carbonyl (C=O) groups excluding carboxylic acids is 1. The molecule has 0 radical (unpaired) electrons. The summed E-state index contributed by atoms with van der Waals surface area (Å²) < 4.78 is 4.79. The second-order valence-electron chi connectivity index (χ2n) is 3.14. The molecule has 0 aliphatic carbocycles. The Morgan fingerprint density at radius 1 is 1.65 bits per heavy atom. The number of thiazole rings is 1. The van der Waals surface area contributed by atoms with Crippen LogP contribution in [-0.2, 0) is 16.1 Å². The third kappa shape index (κ3) is 6.18. The number of hydrogen-bond acceptors (Lipinski definition) is 5. The van der Waals surface area contributed by atoms with Crippen LogP contribution in [0, 0.1) is 6.92 Å². The van der Waals surface area contributed by atoms with Crippen LogP contribution in [0.5, 0.6) is 0 Å². The van der Waals surface area contributed by atoms with Crippen LogP contribution in [0.1, 0.15) is 10.6 Å². The van der Waals surface area contributed by atoms with Gasteiger partial charge in [0.1, 0.15) is 6.04 Å². The highest BCUT2D eigenvalue weighted by Gasteiger charge is 2.13. The number of aryl methyl sites for hydroxylation is 1. The summed E-state index contributed by atoms with van der Waals surface area (Å²) in [6.45, 7) is 2.62. The molecule has 0 fully saturated rings. The molecular formula is C9H17Cl2N3O2S. The molecule has 0 saturated carbocycles. The molecule has 100 valence electrons. The summed E-state index contributed by atoms with van der Waals surface area (Å²) >= 11 is 1.52. The molecule has 3 N–H and O–H groups in total. The van der Waals surface area contributed by atoms with Gasteiger partial charge in [-0.15, -0.1) is 36.2 Å². The van der Waals surface area contributed by atoms with Crippen LogP contribution >= 0.6 is 36.2 Å². The van der Waals surface area contributed by atoms with Gasteiger partial charge in [0.2, 0.25) is 5.91 Å².